The number of rotatable bonds is 7. The highest BCUT2D eigenvalue weighted by Gasteiger charge is 2.28. The number of nitrogens with one attached hydrogen (secondary N) is 1. The minimum absolute atomic E-state index is 0.155. The molecule has 1 aromatic heterocycles. The molecule has 0 saturated carbocycles. The van der Waals surface area contributed by atoms with Crippen molar-refractivity contribution in [2.45, 2.75) is 19.4 Å². The number of carboxylic acid groups (broad SMARTS) is 1. The normalized spacial score (nSPS) is 21.6. The summed E-state index contributed by atoms with van der Waals surface area (Å²) in [6.07, 6.45) is 2.01. The van der Waals surface area contributed by atoms with Crippen LogP contribution in [0.15, 0.2) is 27.8 Å². The maximum atomic E-state index is 12.2. The molecule has 2 aliphatic rings. The summed E-state index contributed by atoms with van der Waals surface area (Å²) in [5.74, 6) is -1.06. The lowest BCUT2D eigenvalue weighted by atomic mass is 10.0. The van der Waals surface area contributed by atoms with Crippen molar-refractivity contribution in [1.82, 2.24) is 15.2 Å². The molecule has 2 aliphatic heterocycles. The van der Waals surface area contributed by atoms with Crippen molar-refractivity contribution in [2.24, 2.45) is 10.9 Å². The number of hydrogen-bond donors (Lipinski definition) is 2. The van der Waals surface area contributed by atoms with E-state index in [1.807, 2.05) is 5.38 Å². The molecule has 10 heteroatoms. The molecule has 0 amide bonds. The number of nitrogens with zero attached hydrogens (tertiary/aromatic N) is 3. The fourth-order valence-corrected chi connectivity index (χ4v) is 3.80. The molecule has 9 nitrogen and oxygen atoms in total. The first-order valence-electron chi connectivity index (χ1n) is 9.06. The first kappa shape index (κ1) is 20.4. The molecule has 2 N–H and O–H groups in total. The summed E-state index contributed by atoms with van der Waals surface area (Å²) >= 11 is 1.47. The van der Waals surface area contributed by atoms with Crippen LogP contribution in [0.1, 0.15) is 18.4 Å². The quantitative estimate of drug-likeness (QED) is 0.635. The third kappa shape index (κ3) is 4.94. The molecule has 0 spiro atoms. The number of aliphatic carboxylic acids is 1. The van der Waals surface area contributed by atoms with Gasteiger partial charge in [0.2, 0.25) is 0 Å². The first-order valence-corrected chi connectivity index (χ1v) is 9.94. The zero-order chi connectivity index (χ0) is 20.1. The van der Waals surface area contributed by atoms with E-state index in [1.54, 1.807) is 13.1 Å². The monoisotopic (exact) mass is 408 g/mol. The van der Waals surface area contributed by atoms with Crippen LogP contribution in [0.3, 0.4) is 0 Å². The lowest BCUT2D eigenvalue weighted by Gasteiger charge is -2.35. The Balaban J connectivity index is 1.70. The Labute approximate surface area is 167 Å². The molecule has 0 bridgehead atoms. The number of carbonyl (C=O) groups is 2. The average Bonchev–Trinajstić information content (AvgIpc) is 3.22. The van der Waals surface area contributed by atoms with Crippen LogP contribution in [0.4, 0.5) is 0 Å². The maximum absolute atomic E-state index is 12.2. The number of carbonyl (C=O) groups excluding carboxylic acids is 1. The van der Waals surface area contributed by atoms with Gasteiger partial charge in [-0.05, 0) is 6.42 Å². The van der Waals surface area contributed by atoms with Gasteiger partial charge >= 0.3 is 11.9 Å². The molecular formula is C18H24N4O5S. The van der Waals surface area contributed by atoms with Crippen LogP contribution in [-0.2, 0) is 19.1 Å². The SMILES string of the molecule is COC(=O)C1=C(CN2CCO[C@H](CC(C)C(=O)O)C2)NC(c2nccs2)=NC1. The van der Waals surface area contributed by atoms with E-state index in [1.165, 1.54) is 18.4 Å². The fraction of sp³-hybridized carbons (Fsp3) is 0.556. The zero-order valence-electron chi connectivity index (χ0n) is 15.9. The molecule has 3 heterocycles. The van der Waals surface area contributed by atoms with E-state index < -0.39 is 17.9 Å². The molecule has 0 aliphatic carbocycles. The van der Waals surface area contributed by atoms with Crippen LogP contribution in [0, 0.1) is 5.92 Å². The number of aromatic nitrogens is 1. The third-order valence-electron chi connectivity index (χ3n) is 4.74. The number of aliphatic imine (C=N–C) groups is 1. The lowest BCUT2D eigenvalue weighted by Crippen LogP contribution is -2.46. The van der Waals surface area contributed by atoms with E-state index in [-0.39, 0.29) is 12.6 Å². The Morgan fingerprint density at radius 2 is 2.36 bits per heavy atom. The highest BCUT2D eigenvalue weighted by Crippen LogP contribution is 2.19. The second kappa shape index (κ2) is 9.26. The van der Waals surface area contributed by atoms with Crippen molar-refractivity contribution < 1.29 is 24.2 Å². The highest BCUT2D eigenvalue weighted by atomic mass is 32.1. The van der Waals surface area contributed by atoms with E-state index >= 15 is 0 Å². The topological polar surface area (TPSA) is 113 Å². The van der Waals surface area contributed by atoms with Gasteiger partial charge in [0, 0.05) is 36.9 Å². The number of esters is 1. The van der Waals surface area contributed by atoms with Crippen LogP contribution in [0.25, 0.3) is 0 Å². The van der Waals surface area contributed by atoms with Crippen molar-refractivity contribution in [3.63, 3.8) is 0 Å². The maximum Gasteiger partial charge on any atom is 0.337 e. The lowest BCUT2D eigenvalue weighted by molar-refractivity contribution is -0.143. The number of hydrogen-bond acceptors (Lipinski definition) is 9. The Morgan fingerprint density at radius 1 is 1.54 bits per heavy atom. The second-order valence-electron chi connectivity index (χ2n) is 6.78. The number of amidine groups is 1. The summed E-state index contributed by atoms with van der Waals surface area (Å²) in [6, 6.07) is 0. The van der Waals surface area contributed by atoms with Gasteiger partial charge in [-0.15, -0.1) is 11.3 Å². The molecule has 1 fully saturated rings. The molecule has 0 radical (unpaired) electrons. The number of morpholine rings is 1. The Morgan fingerprint density at radius 3 is 3.04 bits per heavy atom. The van der Waals surface area contributed by atoms with Gasteiger partial charge in [0.15, 0.2) is 10.8 Å². The van der Waals surface area contributed by atoms with Crippen LogP contribution in [0.5, 0.6) is 0 Å². The van der Waals surface area contributed by atoms with Gasteiger partial charge in [-0.2, -0.15) is 0 Å². The van der Waals surface area contributed by atoms with Crippen LogP contribution < -0.4 is 5.32 Å². The van der Waals surface area contributed by atoms with Crippen molar-refractivity contribution >= 4 is 29.1 Å². The molecular weight excluding hydrogens is 384 g/mol. The van der Waals surface area contributed by atoms with Gasteiger partial charge in [0.25, 0.3) is 0 Å². The summed E-state index contributed by atoms with van der Waals surface area (Å²) in [6.45, 7) is 4.22. The van der Waals surface area contributed by atoms with E-state index in [9.17, 15) is 9.59 Å². The summed E-state index contributed by atoms with van der Waals surface area (Å²) in [5.41, 5.74) is 1.23. The summed E-state index contributed by atoms with van der Waals surface area (Å²) in [5, 5.41) is 15.0. The van der Waals surface area contributed by atoms with Crippen molar-refractivity contribution in [3.05, 3.63) is 27.9 Å². The largest absolute Gasteiger partial charge is 0.481 e. The second-order valence-corrected chi connectivity index (χ2v) is 7.67. The molecule has 3 rings (SSSR count). The van der Waals surface area contributed by atoms with Gasteiger partial charge in [0.05, 0.1) is 37.9 Å². The predicted molar refractivity (Wildman–Crippen MR) is 103 cm³/mol. The Hall–Kier alpha value is -2.30. The average molecular weight is 408 g/mol. The summed E-state index contributed by atoms with van der Waals surface area (Å²) in [7, 11) is 1.35. The van der Waals surface area contributed by atoms with Gasteiger partial charge < -0.3 is 19.9 Å². The first-order chi connectivity index (χ1) is 13.5. The number of ether oxygens (including phenoxy) is 2. The smallest absolute Gasteiger partial charge is 0.337 e. The minimum Gasteiger partial charge on any atom is -0.481 e. The molecule has 1 unspecified atom stereocenters. The van der Waals surface area contributed by atoms with Crippen molar-refractivity contribution in [2.75, 3.05) is 39.9 Å². The molecule has 152 valence electrons. The summed E-state index contributed by atoms with van der Waals surface area (Å²) < 4.78 is 10.6. The van der Waals surface area contributed by atoms with Gasteiger partial charge in [0.1, 0.15) is 0 Å². The van der Waals surface area contributed by atoms with Crippen molar-refractivity contribution in [1.29, 1.82) is 0 Å². The molecule has 0 aromatic carbocycles. The van der Waals surface area contributed by atoms with E-state index in [0.29, 0.717) is 44.1 Å². The van der Waals surface area contributed by atoms with Crippen LogP contribution in [-0.4, -0.2) is 78.8 Å². The summed E-state index contributed by atoms with van der Waals surface area (Å²) in [4.78, 5) is 34.1. The predicted octanol–water partition coefficient (Wildman–Crippen LogP) is 0.732. The highest BCUT2D eigenvalue weighted by molar-refractivity contribution is 7.11. The van der Waals surface area contributed by atoms with E-state index in [0.717, 1.165) is 10.7 Å². The minimum atomic E-state index is -0.824. The zero-order valence-corrected chi connectivity index (χ0v) is 16.7. The van der Waals surface area contributed by atoms with Gasteiger partial charge in [-0.1, -0.05) is 6.92 Å². The van der Waals surface area contributed by atoms with Crippen LogP contribution in [0.2, 0.25) is 0 Å². The third-order valence-corrected chi connectivity index (χ3v) is 5.52. The molecule has 1 aromatic rings. The van der Waals surface area contributed by atoms with E-state index in [4.69, 9.17) is 14.6 Å². The Bertz CT molecular complexity index is 777. The van der Waals surface area contributed by atoms with Crippen LogP contribution >= 0.6 is 11.3 Å². The Kier molecular flexibility index (Phi) is 6.76. The van der Waals surface area contributed by atoms with E-state index in [2.05, 4.69) is 20.2 Å². The van der Waals surface area contributed by atoms with Gasteiger partial charge in [-0.25, -0.2) is 9.78 Å². The number of thiazole rings is 1. The number of methoxy groups -OCH3 is 1. The molecule has 1 saturated heterocycles. The fourth-order valence-electron chi connectivity index (χ4n) is 3.20. The van der Waals surface area contributed by atoms with Gasteiger partial charge in [-0.3, -0.25) is 14.7 Å². The number of carboxylic acids is 1. The molecule has 2 atom stereocenters. The standard InChI is InChI=1S/C18H24N4O5S/c1-11(17(23)24)7-12-9-22(4-5-27-12)10-14-13(18(25)26-2)8-20-15(21-14)16-19-3-6-28-16/h3,6,11-12H,4-5,7-10H2,1-2H3,(H,20,21)(H,23,24)/t11?,12-/m1/s1. The van der Waals surface area contributed by atoms with Crippen molar-refractivity contribution in [3.8, 4) is 0 Å². The molecule has 28 heavy (non-hydrogen) atoms.